The van der Waals surface area contributed by atoms with Gasteiger partial charge < -0.3 is 19.6 Å². The van der Waals surface area contributed by atoms with Gasteiger partial charge in [0.1, 0.15) is 12.1 Å². The summed E-state index contributed by atoms with van der Waals surface area (Å²) in [5.74, 6) is 0.300. The predicted molar refractivity (Wildman–Crippen MR) is 133 cm³/mol. The van der Waals surface area contributed by atoms with E-state index in [0.717, 1.165) is 50.9 Å². The molecule has 0 bridgehead atoms. The molecule has 0 radical (unpaired) electrons. The molecule has 0 unspecified atom stereocenters. The lowest BCUT2D eigenvalue weighted by Gasteiger charge is -2.43. The lowest BCUT2D eigenvalue weighted by atomic mass is 9.85. The number of piperidine rings is 2. The third-order valence-electron chi connectivity index (χ3n) is 7.80. The fraction of sp³-hybridized carbons (Fsp3) is 0.667. The van der Waals surface area contributed by atoms with E-state index in [2.05, 4.69) is 11.8 Å². The van der Waals surface area contributed by atoms with Crippen molar-refractivity contribution in [2.24, 2.45) is 0 Å². The van der Waals surface area contributed by atoms with Crippen LogP contribution in [0, 0.1) is 0 Å². The van der Waals surface area contributed by atoms with Crippen LogP contribution in [0.3, 0.4) is 0 Å². The Balaban J connectivity index is 1.45. The molecular weight excluding hydrogens is 428 g/mol. The number of hydrogen-bond donors (Lipinski definition) is 0. The molecule has 0 saturated carbocycles. The molecule has 3 amide bonds. The van der Waals surface area contributed by atoms with Gasteiger partial charge in [-0.15, -0.1) is 0 Å². The van der Waals surface area contributed by atoms with Gasteiger partial charge in [0.05, 0.1) is 6.67 Å². The van der Waals surface area contributed by atoms with E-state index in [4.69, 9.17) is 0 Å². The van der Waals surface area contributed by atoms with E-state index in [1.165, 1.54) is 12.8 Å². The standard InChI is InChI=1S/C27H40N4O3/c1-2-3-4-9-14-24(32)29-19-15-27(16-20-29)26(34)30(21-25(33)28-17-10-6-11-18-28)22-31(27)23-12-7-5-8-13-23/h5,7-8,12-13H,2-4,6,9-11,14-22H2,1H3. The van der Waals surface area contributed by atoms with Crippen molar-refractivity contribution < 1.29 is 14.4 Å². The topological polar surface area (TPSA) is 64.2 Å². The molecule has 1 aromatic rings. The zero-order valence-corrected chi connectivity index (χ0v) is 20.7. The molecule has 0 N–H and O–H groups in total. The first-order valence-electron chi connectivity index (χ1n) is 13.2. The minimum Gasteiger partial charge on any atom is -0.342 e. The molecule has 186 valence electrons. The van der Waals surface area contributed by atoms with Crippen molar-refractivity contribution in [1.29, 1.82) is 0 Å². The zero-order chi connectivity index (χ0) is 24.0. The molecule has 34 heavy (non-hydrogen) atoms. The van der Waals surface area contributed by atoms with E-state index in [9.17, 15) is 14.4 Å². The van der Waals surface area contributed by atoms with Crippen LogP contribution < -0.4 is 4.90 Å². The first-order chi connectivity index (χ1) is 16.5. The molecule has 3 fully saturated rings. The van der Waals surface area contributed by atoms with Gasteiger partial charge in [-0.2, -0.15) is 0 Å². The number of rotatable bonds is 8. The maximum atomic E-state index is 13.8. The zero-order valence-electron chi connectivity index (χ0n) is 20.7. The minimum absolute atomic E-state index is 0.0387. The van der Waals surface area contributed by atoms with Gasteiger partial charge in [0, 0.05) is 38.3 Å². The quantitative estimate of drug-likeness (QED) is 0.547. The summed E-state index contributed by atoms with van der Waals surface area (Å²) >= 11 is 0. The summed E-state index contributed by atoms with van der Waals surface area (Å²) in [6.45, 7) is 5.52. The molecule has 1 aromatic carbocycles. The molecular formula is C27H40N4O3. The molecule has 0 aromatic heterocycles. The number of likely N-dealkylation sites (tertiary alicyclic amines) is 2. The Bertz CT molecular complexity index is 845. The van der Waals surface area contributed by atoms with Gasteiger partial charge in [-0.05, 0) is 50.7 Å². The third-order valence-corrected chi connectivity index (χ3v) is 7.80. The summed E-state index contributed by atoms with van der Waals surface area (Å²) in [5, 5.41) is 0. The van der Waals surface area contributed by atoms with Gasteiger partial charge in [-0.25, -0.2) is 0 Å². The van der Waals surface area contributed by atoms with Crippen molar-refractivity contribution in [3.63, 3.8) is 0 Å². The lowest BCUT2D eigenvalue weighted by molar-refractivity contribution is -0.142. The van der Waals surface area contributed by atoms with Crippen LogP contribution in [0.1, 0.15) is 71.1 Å². The van der Waals surface area contributed by atoms with Crippen LogP contribution in [0.25, 0.3) is 0 Å². The van der Waals surface area contributed by atoms with Gasteiger partial charge >= 0.3 is 0 Å². The second-order valence-electron chi connectivity index (χ2n) is 10.1. The highest BCUT2D eigenvalue weighted by Crippen LogP contribution is 2.39. The highest BCUT2D eigenvalue weighted by Gasteiger charge is 2.54. The summed E-state index contributed by atoms with van der Waals surface area (Å²) in [4.78, 5) is 47.3. The number of hydrogen-bond acceptors (Lipinski definition) is 4. The monoisotopic (exact) mass is 468 g/mol. The average Bonchev–Trinajstić information content (AvgIpc) is 3.14. The highest BCUT2D eigenvalue weighted by molar-refractivity contribution is 5.96. The smallest absolute Gasteiger partial charge is 0.250 e. The largest absolute Gasteiger partial charge is 0.342 e. The fourth-order valence-corrected chi connectivity index (χ4v) is 5.72. The Morgan fingerprint density at radius 3 is 2.21 bits per heavy atom. The number of benzene rings is 1. The second kappa shape index (κ2) is 11.2. The van der Waals surface area contributed by atoms with E-state index in [1.54, 1.807) is 4.90 Å². The van der Waals surface area contributed by atoms with Gasteiger partial charge in [0.15, 0.2) is 0 Å². The first kappa shape index (κ1) is 24.6. The Kier molecular flexibility index (Phi) is 8.11. The van der Waals surface area contributed by atoms with E-state index in [1.807, 2.05) is 40.1 Å². The molecule has 3 aliphatic rings. The number of para-hydroxylation sites is 1. The van der Waals surface area contributed by atoms with Crippen LogP contribution in [0.2, 0.25) is 0 Å². The van der Waals surface area contributed by atoms with Gasteiger partial charge in [-0.1, -0.05) is 44.4 Å². The van der Waals surface area contributed by atoms with Crippen LogP contribution in [0.15, 0.2) is 30.3 Å². The number of nitrogens with zero attached hydrogens (tertiary/aromatic N) is 4. The van der Waals surface area contributed by atoms with E-state index in [0.29, 0.717) is 39.0 Å². The Morgan fingerprint density at radius 2 is 1.53 bits per heavy atom. The maximum Gasteiger partial charge on any atom is 0.250 e. The van der Waals surface area contributed by atoms with Crippen LogP contribution in [0.5, 0.6) is 0 Å². The second-order valence-corrected chi connectivity index (χ2v) is 10.1. The molecule has 4 rings (SSSR count). The fourth-order valence-electron chi connectivity index (χ4n) is 5.72. The number of carbonyl (C=O) groups excluding carboxylic acids is 3. The Morgan fingerprint density at radius 1 is 0.853 bits per heavy atom. The molecule has 7 heteroatoms. The molecule has 3 aliphatic heterocycles. The van der Waals surface area contributed by atoms with Crippen LogP contribution >= 0.6 is 0 Å². The van der Waals surface area contributed by atoms with Crippen LogP contribution in [-0.2, 0) is 14.4 Å². The Hall–Kier alpha value is -2.57. The third kappa shape index (κ3) is 5.23. The minimum atomic E-state index is -0.678. The normalized spacial score (nSPS) is 20.3. The van der Waals surface area contributed by atoms with Crippen molar-refractivity contribution in [3.05, 3.63) is 30.3 Å². The van der Waals surface area contributed by atoms with Crippen molar-refractivity contribution in [1.82, 2.24) is 14.7 Å². The van der Waals surface area contributed by atoms with Crippen molar-refractivity contribution in [3.8, 4) is 0 Å². The van der Waals surface area contributed by atoms with E-state index in [-0.39, 0.29) is 24.3 Å². The molecule has 7 nitrogen and oxygen atoms in total. The molecule has 0 aliphatic carbocycles. The summed E-state index contributed by atoms with van der Waals surface area (Å²) in [5.41, 5.74) is 0.325. The number of carbonyl (C=O) groups is 3. The van der Waals surface area contributed by atoms with Crippen molar-refractivity contribution >= 4 is 23.4 Å². The van der Waals surface area contributed by atoms with Crippen LogP contribution in [0.4, 0.5) is 5.69 Å². The average molecular weight is 469 g/mol. The molecule has 1 spiro atoms. The van der Waals surface area contributed by atoms with Crippen LogP contribution in [-0.4, -0.2) is 77.4 Å². The van der Waals surface area contributed by atoms with E-state index >= 15 is 0 Å². The number of amides is 3. The van der Waals surface area contributed by atoms with Gasteiger partial charge in [0.2, 0.25) is 11.8 Å². The predicted octanol–water partition coefficient (Wildman–Crippen LogP) is 3.64. The van der Waals surface area contributed by atoms with E-state index < -0.39 is 5.54 Å². The summed E-state index contributed by atoms with van der Waals surface area (Å²) in [6, 6.07) is 10.0. The molecule has 3 saturated heterocycles. The maximum absolute atomic E-state index is 13.8. The van der Waals surface area contributed by atoms with Crippen molar-refractivity contribution in [2.45, 2.75) is 76.7 Å². The van der Waals surface area contributed by atoms with Gasteiger partial charge in [0.25, 0.3) is 5.91 Å². The Labute approximate surface area is 204 Å². The molecule has 0 atom stereocenters. The summed E-state index contributed by atoms with van der Waals surface area (Å²) in [6.07, 6.45) is 9.44. The van der Waals surface area contributed by atoms with Gasteiger partial charge in [-0.3, -0.25) is 14.4 Å². The number of anilines is 1. The highest BCUT2D eigenvalue weighted by atomic mass is 16.2. The number of unbranched alkanes of at least 4 members (excludes halogenated alkanes) is 3. The first-order valence-corrected chi connectivity index (χ1v) is 13.2. The lowest BCUT2D eigenvalue weighted by Crippen LogP contribution is -2.57. The summed E-state index contributed by atoms with van der Waals surface area (Å²) in [7, 11) is 0. The van der Waals surface area contributed by atoms with Crippen molar-refractivity contribution in [2.75, 3.05) is 44.3 Å². The SMILES string of the molecule is CCCCCCC(=O)N1CCC2(CC1)C(=O)N(CC(=O)N1CCCCC1)CN2c1ccccc1. The molecule has 3 heterocycles. The summed E-state index contributed by atoms with van der Waals surface area (Å²) < 4.78 is 0.